The number of ether oxygens (including phenoxy) is 3. The lowest BCUT2D eigenvalue weighted by Crippen LogP contribution is -2.32. The maximum Gasteiger partial charge on any atom is 0.338 e. The number of benzene rings is 1. The Kier molecular flexibility index (Phi) is 2.82. The molecule has 3 atom stereocenters. The maximum atomic E-state index is 11.9. The molecule has 0 aromatic heterocycles. The van der Waals surface area contributed by atoms with Crippen LogP contribution in [0.1, 0.15) is 16.8 Å². The van der Waals surface area contributed by atoms with Crippen LogP contribution in [0, 0.1) is 0 Å². The lowest BCUT2D eigenvalue weighted by atomic mass is 10.1. The maximum absolute atomic E-state index is 11.9. The van der Waals surface area contributed by atoms with E-state index in [1.165, 1.54) is 0 Å². The Morgan fingerprint density at radius 1 is 1.24 bits per heavy atom. The zero-order chi connectivity index (χ0) is 11.7. The number of fused-ring (bicyclic) bond motifs is 1. The smallest absolute Gasteiger partial charge is 0.338 e. The first-order valence-electron chi connectivity index (χ1n) is 5.84. The van der Waals surface area contributed by atoms with Crippen molar-refractivity contribution in [1.82, 2.24) is 0 Å². The largest absolute Gasteiger partial charge is 0.453 e. The van der Waals surface area contributed by atoms with Gasteiger partial charge in [0.15, 0.2) is 6.10 Å². The third-order valence-corrected chi connectivity index (χ3v) is 3.19. The molecule has 2 saturated heterocycles. The number of esters is 1. The number of carbonyl (C=O) groups is 1. The van der Waals surface area contributed by atoms with Crippen molar-refractivity contribution < 1.29 is 19.0 Å². The van der Waals surface area contributed by atoms with Crippen LogP contribution < -0.4 is 0 Å². The van der Waals surface area contributed by atoms with Crippen LogP contribution in [-0.2, 0) is 14.2 Å². The van der Waals surface area contributed by atoms with Crippen molar-refractivity contribution in [2.45, 2.75) is 24.7 Å². The lowest BCUT2D eigenvalue weighted by Gasteiger charge is -2.16. The van der Waals surface area contributed by atoms with E-state index in [9.17, 15) is 4.79 Å². The first kappa shape index (κ1) is 10.7. The Morgan fingerprint density at radius 2 is 2.06 bits per heavy atom. The minimum atomic E-state index is -0.310. The Bertz CT molecular complexity index is 403. The van der Waals surface area contributed by atoms with Crippen LogP contribution in [0.25, 0.3) is 0 Å². The van der Waals surface area contributed by atoms with Gasteiger partial charge >= 0.3 is 5.97 Å². The lowest BCUT2D eigenvalue weighted by molar-refractivity contribution is -0.0148. The molecule has 1 unspecified atom stereocenters. The van der Waals surface area contributed by atoms with E-state index in [1.54, 1.807) is 12.1 Å². The molecule has 0 saturated carbocycles. The highest BCUT2D eigenvalue weighted by atomic mass is 16.6. The van der Waals surface area contributed by atoms with Gasteiger partial charge in [0.05, 0.1) is 18.3 Å². The summed E-state index contributed by atoms with van der Waals surface area (Å²) in [4.78, 5) is 11.9. The molecule has 90 valence electrons. The minimum absolute atomic E-state index is 0.0809. The van der Waals surface area contributed by atoms with Gasteiger partial charge in [0.2, 0.25) is 0 Å². The molecule has 0 amide bonds. The van der Waals surface area contributed by atoms with Crippen molar-refractivity contribution in [3.63, 3.8) is 0 Å². The zero-order valence-electron chi connectivity index (χ0n) is 9.37. The van der Waals surface area contributed by atoms with Gasteiger partial charge in [-0.15, -0.1) is 0 Å². The topological polar surface area (TPSA) is 44.8 Å². The van der Waals surface area contributed by atoms with Crippen LogP contribution in [0.15, 0.2) is 30.3 Å². The van der Waals surface area contributed by atoms with E-state index < -0.39 is 0 Å². The van der Waals surface area contributed by atoms with E-state index in [0.29, 0.717) is 18.8 Å². The van der Waals surface area contributed by atoms with Crippen molar-refractivity contribution in [2.24, 2.45) is 0 Å². The molecular formula is C13H14O4. The molecule has 17 heavy (non-hydrogen) atoms. The highest BCUT2D eigenvalue weighted by Gasteiger charge is 2.44. The number of rotatable bonds is 2. The van der Waals surface area contributed by atoms with Crippen molar-refractivity contribution in [3.8, 4) is 0 Å². The average molecular weight is 234 g/mol. The fraction of sp³-hybridized carbons (Fsp3) is 0.462. The molecule has 0 spiro atoms. The molecule has 2 aliphatic heterocycles. The van der Waals surface area contributed by atoms with E-state index in [4.69, 9.17) is 14.2 Å². The van der Waals surface area contributed by atoms with Gasteiger partial charge in [-0.2, -0.15) is 0 Å². The summed E-state index contributed by atoms with van der Waals surface area (Å²) in [5.41, 5.74) is 0.564. The van der Waals surface area contributed by atoms with Gasteiger partial charge in [-0.1, -0.05) is 18.2 Å². The standard InChI is InChI=1S/C13H14O4/c14-13(9-4-2-1-3-5-9)17-11-8-16-10-6-7-15-12(10)11/h1-5,10-12H,6-8H2/t10-,11-,12?/m1/s1. The molecule has 1 aromatic carbocycles. The van der Waals surface area contributed by atoms with E-state index in [2.05, 4.69) is 0 Å². The van der Waals surface area contributed by atoms with E-state index in [0.717, 1.165) is 6.42 Å². The predicted octanol–water partition coefficient (Wildman–Crippen LogP) is 1.40. The van der Waals surface area contributed by atoms with Crippen molar-refractivity contribution >= 4 is 5.97 Å². The van der Waals surface area contributed by atoms with Gasteiger partial charge < -0.3 is 14.2 Å². The molecule has 4 heteroatoms. The second-order valence-electron chi connectivity index (χ2n) is 4.31. The van der Waals surface area contributed by atoms with Crippen LogP contribution in [-0.4, -0.2) is 37.5 Å². The number of hydrogen-bond acceptors (Lipinski definition) is 4. The Morgan fingerprint density at radius 3 is 2.88 bits per heavy atom. The normalized spacial score (nSPS) is 31.2. The molecule has 0 aliphatic carbocycles. The third kappa shape index (κ3) is 2.06. The van der Waals surface area contributed by atoms with Gasteiger partial charge in [0.1, 0.15) is 6.10 Å². The zero-order valence-corrected chi connectivity index (χ0v) is 9.37. The molecule has 2 aliphatic rings. The molecule has 3 rings (SSSR count). The summed E-state index contributed by atoms with van der Waals surface area (Å²) in [5, 5.41) is 0. The summed E-state index contributed by atoms with van der Waals surface area (Å²) >= 11 is 0. The van der Waals surface area contributed by atoms with Crippen molar-refractivity contribution in [3.05, 3.63) is 35.9 Å². The molecule has 4 nitrogen and oxygen atoms in total. The highest BCUT2D eigenvalue weighted by molar-refractivity contribution is 5.89. The van der Waals surface area contributed by atoms with Crippen LogP contribution in [0.2, 0.25) is 0 Å². The second-order valence-corrected chi connectivity index (χ2v) is 4.31. The molecule has 2 heterocycles. The number of hydrogen-bond donors (Lipinski definition) is 0. The SMILES string of the molecule is O=C(O[C@@H]1CO[C@@H]2CCOC21)c1ccccc1. The molecule has 0 radical (unpaired) electrons. The Labute approximate surface area is 99.5 Å². The fourth-order valence-corrected chi connectivity index (χ4v) is 2.31. The second kappa shape index (κ2) is 4.47. The summed E-state index contributed by atoms with van der Waals surface area (Å²) in [7, 11) is 0. The van der Waals surface area contributed by atoms with Gasteiger partial charge in [-0.05, 0) is 18.6 Å². The van der Waals surface area contributed by atoms with Crippen molar-refractivity contribution in [1.29, 1.82) is 0 Å². The summed E-state index contributed by atoms with van der Waals surface area (Å²) in [5.74, 6) is -0.310. The molecule has 0 N–H and O–H groups in total. The van der Waals surface area contributed by atoms with E-state index in [-0.39, 0.29) is 24.3 Å². The number of carbonyl (C=O) groups excluding carboxylic acids is 1. The van der Waals surface area contributed by atoms with Gasteiger partial charge in [-0.25, -0.2) is 4.79 Å². The van der Waals surface area contributed by atoms with Gasteiger partial charge in [0.25, 0.3) is 0 Å². The van der Waals surface area contributed by atoms with Crippen molar-refractivity contribution in [2.75, 3.05) is 13.2 Å². The summed E-state index contributed by atoms with van der Waals surface area (Å²) in [6.07, 6.45) is 0.644. The monoisotopic (exact) mass is 234 g/mol. The third-order valence-electron chi connectivity index (χ3n) is 3.19. The van der Waals surface area contributed by atoms with Crippen LogP contribution in [0.4, 0.5) is 0 Å². The molecule has 2 fully saturated rings. The quantitative estimate of drug-likeness (QED) is 0.725. The fourth-order valence-electron chi connectivity index (χ4n) is 2.31. The van der Waals surface area contributed by atoms with Gasteiger partial charge in [-0.3, -0.25) is 0 Å². The Hall–Kier alpha value is -1.39. The summed E-state index contributed by atoms with van der Waals surface area (Å²) in [6.45, 7) is 1.13. The average Bonchev–Trinajstić information content (AvgIpc) is 2.95. The Balaban J connectivity index is 1.66. The summed E-state index contributed by atoms with van der Waals surface area (Å²) in [6, 6.07) is 8.98. The van der Waals surface area contributed by atoms with Crippen LogP contribution in [0.5, 0.6) is 0 Å². The molecule has 1 aromatic rings. The first-order valence-corrected chi connectivity index (χ1v) is 5.84. The summed E-state index contributed by atoms with van der Waals surface area (Å²) < 4.78 is 16.5. The minimum Gasteiger partial charge on any atom is -0.453 e. The predicted molar refractivity (Wildman–Crippen MR) is 59.7 cm³/mol. The van der Waals surface area contributed by atoms with Crippen LogP contribution >= 0.6 is 0 Å². The molecular weight excluding hydrogens is 220 g/mol. The van der Waals surface area contributed by atoms with Gasteiger partial charge in [0, 0.05) is 6.61 Å². The van der Waals surface area contributed by atoms with Crippen LogP contribution in [0.3, 0.4) is 0 Å². The first-order chi connectivity index (χ1) is 8.34. The molecule has 0 bridgehead atoms. The highest BCUT2D eigenvalue weighted by Crippen LogP contribution is 2.28. The van der Waals surface area contributed by atoms with E-state index in [1.807, 2.05) is 18.2 Å². The van der Waals surface area contributed by atoms with E-state index >= 15 is 0 Å².